The molecule has 0 fully saturated rings. The Bertz CT molecular complexity index is 1130. The van der Waals surface area contributed by atoms with Gasteiger partial charge in [-0.25, -0.2) is 4.79 Å². The molecule has 1 amide bonds. The molecule has 0 bridgehead atoms. The number of aryl methyl sites for hydroxylation is 2. The van der Waals surface area contributed by atoms with Gasteiger partial charge in [0.2, 0.25) is 11.8 Å². The number of H-pyrrole nitrogens is 1. The molecule has 0 saturated carbocycles. The van der Waals surface area contributed by atoms with Crippen molar-refractivity contribution in [3.8, 4) is 0 Å². The van der Waals surface area contributed by atoms with Gasteiger partial charge < -0.3 is 14.7 Å². The van der Waals surface area contributed by atoms with Crippen molar-refractivity contribution in [3.63, 3.8) is 0 Å². The lowest BCUT2D eigenvalue weighted by atomic mass is 10.1. The van der Waals surface area contributed by atoms with Crippen molar-refractivity contribution in [1.82, 2.24) is 25.1 Å². The second-order valence-corrected chi connectivity index (χ2v) is 7.51. The molecule has 0 unspecified atom stereocenters. The van der Waals surface area contributed by atoms with Crippen LogP contribution in [0.1, 0.15) is 28.3 Å². The van der Waals surface area contributed by atoms with Crippen molar-refractivity contribution < 1.29 is 9.21 Å². The smallest absolute Gasteiger partial charge is 0.328 e. The van der Waals surface area contributed by atoms with Gasteiger partial charge in [-0.05, 0) is 19.4 Å². The molecule has 0 spiro atoms. The lowest BCUT2D eigenvalue weighted by Crippen LogP contribution is -2.36. The van der Waals surface area contributed by atoms with E-state index in [1.807, 2.05) is 31.2 Å². The summed E-state index contributed by atoms with van der Waals surface area (Å²) >= 11 is 1.12. The van der Waals surface area contributed by atoms with Gasteiger partial charge in [0.25, 0.3) is 10.8 Å². The van der Waals surface area contributed by atoms with E-state index < -0.39 is 11.2 Å². The van der Waals surface area contributed by atoms with Crippen LogP contribution in [-0.2, 0) is 24.8 Å². The lowest BCUT2D eigenvalue weighted by molar-refractivity contribution is -0.118. The van der Waals surface area contributed by atoms with Crippen LogP contribution in [0.3, 0.4) is 0 Å². The minimum atomic E-state index is -0.477. The predicted molar refractivity (Wildman–Crippen MR) is 108 cm³/mol. The molecule has 3 aromatic rings. The summed E-state index contributed by atoms with van der Waals surface area (Å²) in [5.74, 6) is 0.216. The fourth-order valence-corrected chi connectivity index (χ4v) is 3.20. The van der Waals surface area contributed by atoms with Crippen LogP contribution in [0.15, 0.2) is 43.5 Å². The standard InChI is InChI=1S/C19H21N5O4S/c1-11-4-6-13(7-5-11)9-20-15(25)10-29-19-23-22-16(28-19)8-14-12(2)21-18(27)24(3)17(14)26/h4-7H,8-10H2,1-3H3,(H,20,25)(H,21,27). The summed E-state index contributed by atoms with van der Waals surface area (Å²) in [4.78, 5) is 38.4. The molecule has 1 aromatic carbocycles. The molecule has 0 saturated heterocycles. The molecule has 0 radical (unpaired) electrons. The minimum Gasteiger partial charge on any atom is -0.416 e. The summed E-state index contributed by atoms with van der Waals surface area (Å²) in [6, 6.07) is 7.92. The van der Waals surface area contributed by atoms with E-state index in [0.717, 1.165) is 27.5 Å². The third-order valence-electron chi connectivity index (χ3n) is 4.33. The molecule has 0 aliphatic heterocycles. The van der Waals surface area contributed by atoms with Crippen molar-refractivity contribution in [2.45, 2.75) is 32.0 Å². The molecule has 2 aromatic heterocycles. The lowest BCUT2D eigenvalue weighted by Gasteiger charge is -2.05. The van der Waals surface area contributed by atoms with Gasteiger partial charge in [0, 0.05) is 24.8 Å². The van der Waals surface area contributed by atoms with E-state index in [2.05, 4.69) is 20.5 Å². The Morgan fingerprint density at radius 2 is 1.93 bits per heavy atom. The second-order valence-electron chi connectivity index (χ2n) is 6.59. The van der Waals surface area contributed by atoms with E-state index in [-0.39, 0.29) is 29.2 Å². The minimum absolute atomic E-state index is 0.0997. The van der Waals surface area contributed by atoms with Crippen molar-refractivity contribution in [3.05, 3.63) is 73.4 Å². The Labute approximate surface area is 170 Å². The Hall–Kier alpha value is -3.14. The van der Waals surface area contributed by atoms with Crippen molar-refractivity contribution in [2.75, 3.05) is 5.75 Å². The molecule has 0 atom stereocenters. The molecule has 0 aliphatic rings. The van der Waals surface area contributed by atoms with Crippen LogP contribution in [0, 0.1) is 13.8 Å². The number of aromatic nitrogens is 4. The topological polar surface area (TPSA) is 123 Å². The summed E-state index contributed by atoms with van der Waals surface area (Å²) in [5.41, 5.74) is 2.14. The van der Waals surface area contributed by atoms with Gasteiger partial charge in [-0.3, -0.25) is 14.2 Å². The largest absolute Gasteiger partial charge is 0.416 e. The van der Waals surface area contributed by atoms with Gasteiger partial charge in [-0.15, -0.1) is 10.2 Å². The van der Waals surface area contributed by atoms with E-state index in [9.17, 15) is 14.4 Å². The van der Waals surface area contributed by atoms with Crippen molar-refractivity contribution in [1.29, 1.82) is 0 Å². The highest BCUT2D eigenvalue weighted by Crippen LogP contribution is 2.17. The van der Waals surface area contributed by atoms with Gasteiger partial charge in [0.15, 0.2) is 0 Å². The highest BCUT2D eigenvalue weighted by molar-refractivity contribution is 7.99. The zero-order chi connectivity index (χ0) is 21.0. The Morgan fingerprint density at radius 3 is 2.66 bits per heavy atom. The number of nitrogens with one attached hydrogen (secondary N) is 2. The maximum Gasteiger partial charge on any atom is 0.328 e. The van der Waals surface area contributed by atoms with Crippen molar-refractivity contribution >= 4 is 17.7 Å². The highest BCUT2D eigenvalue weighted by Gasteiger charge is 2.15. The van der Waals surface area contributed by atoms with E-state index in [0.29, 0.717) is 17.8 Å². The molecule has 2 N–H and O–H groups in total. The van der Waals surface area contributed by atoms with Gasteiger partial charge in [0.1, 0.15) is 0 Å². The Balaban J connectivity index is 1.55. The maximum atomic E-state index is 12.2. The first-order chi connectivity index (χ1) is 13.8. The van der Waals surface area contributed by atoms with Gasteiger partial charge >= 0.3 is 5.69 Å². The van der Waals surface area contributed by atoms with Crippen LogP contribution in [0.25, 0.3) is 0 Å². The van der Waals surface area contributed by atoms with Gasteiger partial charge in [-0.2, -0.15) is 0 Å². The number of benzene rings is 1. The van der Waals surface area contributed by atoms with E-state index in [4.69, 9.17) is 4.42 Å². The van der Waals surface area contributed by atoms with Crippen LogP contribution in [0.5, 0.6) is 0 Å². The van der Waals surface area contributed by atoms with E-state index >= 15 is 0 Å². The average Bonchev–Trinajstić information content (AvgIpc) is 3.15. The van der Waals surface area contributed by atoms with E-state index in [1.54, 1.807) is 6.92 Å². The number of aromatic amines is 1. The summed E-state index contributed by atoms with van der Waals surface area (Å²) in [5, 5.41) is 10.9. The fraction of sp³-hybridized carbons (Fsp3) is 0.316. The first-order valence-electron chi connectivity index (χ1n) is 8.89. The fourth-order valence-electron chi connectivity index (χ4n) is 2.59. The molecule has 152 valence electrons. The molecule has 9 nitrogen and oxygen atoms in total. The molecule has 3 rings (SSSR count). The number of nitrogens with zero attached hydrogens (tertiary/aromatic N) is 3. The normalized spacial score (nSPS) is 10.9. The first-order valence-corrected chi connectivity index (χ1v) is 9.88. The Kier molecular flexibility index (Phi) is 6.32. The van der Waals surface area contributed by atoms with E-state index in [1.165, 1.54) is 7.05 Å². The highest BCUT2D eigenvalue weighted by atomic mass is 32.2. The molecule has 10 heteroatoms. The number of rotatable bonds is 7. The van der Waals surface area contributed by atoms with Gasteiger partial charge in [-0.1, -0.05) is 41.6 Å². The molecule has 2 heterocycles. The third kappa shape index (κ3) is 5.23. The van der Waals surface area contributed by atoms with Gasteiger partial charge in [0.05, 0.1) is 12.2 Å². The monoisotopic (exact) mass is 415 g/mol. The van der Waals surface area contributed by atoms with Crippen LogP contribution in [0.2, 0.25) is 0 Å². The number of amides is 1. The quantitative estimate of drug-likeness (QED) is 0.553. The number of carbonyl (C=O) groups is 1. The zero-order valence-electron chi connectivity index (χ0n) is 16.3. The molecule has 29 heavy (non-hydrogen) atoms. The average molecular weight is 415 g/mol. The Morgan fingerprint density at radius 1 is 1.21 bits per heavy atom. The third-order valence-corrected chi connectivity index (χ3v) is 5.15. The summed E-state index contributed by atoms with van der Waals surface area (Å²) in [7, 11) is 1.40. The predicted octanol–water partition coefficient (Wildman–Crippen LogP) is 1.07. The van der Waals surface area contributed by atoms with Crippen molar-refractivity contribution in [2.24, 2.45) is 7.05 Å². The molecular formula is C19H21N5O4S. The molecular weight excluding hydrogens is 394 g/mol. The number of thioether (sulfide) groups is 1. The summed E-state index contributed by atoms with van der Waals surface area (Å²) < 4.78 is 6.51. The maximum absolute atomic E-state index is 12.2. The summed E-state index contributed by atoms with van der Waals surface area (Å²) in [6.45, 7) is 4.10. The number of carbonyl (C=O) groups excluding carboxylic acids is 1. The van der Waals surface area contributed by atoms with Crippen LogP contribution >= 0.6 is 11.8 Å². The zero-order valence-corrected chi connectivity index (χ0v) is 17.1. The number of hydrogen-bond donors (Lipinski definition) is 2. The second kappa shape index (κ2) is 8.91. The van der Waals surface area contributed by atoms with Crippen LogP contribution in [0.4, 0.5) is 0 Å². The number of hydrogen-bond acceptors (Lipinski definition) is 7. The summed E-state index contributed by atoms with van der Waals surface area (Å²) in [6.07, 6.45) is 0.0997. The van der Waals surface area contributed by atoms with Crippen LogP contribution < -0.4 is 16.6 Å². The van der Waals surface area contributed by atoms with Crippen LogP contribution in [-0.4, -0.2) is 31.4 Å². The molecule has 0 aliphatic carbocycles. The first kappa shape index (κ1) is 20.6. The SMILES string of the molecule is Cc1ccc(CNC(=O)CSc2nnc(Cc3c(C)[nH]c(=O)n(C)c3=O)o2)cc1.